The van der Waals surface area contributed by atoms with E-state index in [1.165, 1.54) is 32.1 Å². The summed E-state index contributed by atoms with van der Waals surface area (Å²) < 4.78 is 5.59. The van der Waals surface area contributed by atoms with Crippen molar-refractivity contribution in [3.63, 3.8) is 0 Å². The predicted molar refractivity (Wildman–Crippen MR) is 141 cm³/mol. The standard InChI is InChI=1S/C24H39N5O2.HI/c1-25-23(26-13-10-20-8-7-9-21(18-20)22(30)28(2)3)27-19-24(11-5-4-6-12-24)29-14-16-31-17-15-29;/h7-9,18H,4-6,10-17,19H2,1-3H3,(H2,25,26,27);1H. The van der Waals surface area contributed by atoms with Gasteiger partial charge in [-0.3, -0.25) is 14.7 Å². The summed E-state index contributed by atoms with van der Waals surface area (Å²) in [5.41, 5.74) is 2.09. The SMILES string of the molecule is CN=C(NCCc1cccc(C(=O)N(C)C)c1)NCC1(N2CCOCC2)CCCCC1.I. The number of guanidine groups is 1. The lowest BCUT2D eigenvalue weighted by Crippen LogP contribution is -2.60. The van der Waals surface area contributed by atoms with Crippen molar-refractivity contribution in [2.24, 2.45) is 4.99 Å². The maximum atomic E-state index is 12.2. The topological polar surface area (TPSA) is 69.2 Å². The summed E-state index contributed by atoms with van der Waals surface area (Å²) in [7, 11) is 5.39. The van der Waals surface area contributed by atoms with E-state index in [1.807, 2.05) is 25.2 Å². The summed E-state index contributed by atoms with van der Waals surface area (Å²) in [6.07, 6.45) is 7.26. The minimum absolute atomic E-state index is 0. The third-order valence-corrected chi connectivity index (χ3v) is 6.56. The first kappa shape index (κ1) is 26.9. The summed E-state index contributed by atoms with van der Waals surface area (Å²) in [4.78, 5) is 20.9. The second-order valence-electron chi connectivity index (χ2n) is 8.89. The number of amides is 1. The lowest BCUT2D eigenvalue weighted by molar-refractivity contribution is -0.0352. The molecule has 1 heterocycles. The van der Waals surface area contributed by atoms with Crippen molar-refractivity contribution in [1.82, 2.24) is 20.4 Å². The highest BCUT2D eigenvalue weighted by Gasteiger charge is 2.38. The summed E-state index contributed by atoms with van der Waals surface area (Å²) >= 11 is 0. The van der Waals surface area contributed by atoms with Crippen molar-refractivity contribution >= 4 is 35.8 Å². The molecule has 1 aromatic carbocycles. The van der Waals surface area contributed by atoms with Crippen LogP contribution in [0.5, 0.6) is 0 Å². The van der Waals surface area contributed by atoms with E-state index in [0.717, 1.165) is 62.9 Å². The molecule has 2 aliphatic rings. The van der Waals surface area contributed by atoms with Crippen molar-refractivity contribution in [2.45, 2.75) is 44.1 Å². The fraction of sp³-hybridized carbons (Fsp3) is 0.667. The van der Waals surface area contributed by atoms with Crippen LogP contribution in [0.25, 0.3) is 0 Å². The first-order valence-corrected chi connectivity index (χ1v) is 11.6. The molecule has 2 fully saturated rings. The van der Waals surface area contributed by atoms with Gasteiger partial charge in [-0.2, -0.15) is 0 Å². The molecular weight excluding hydrogens is 517 g/mol. The van der Waals surface area contributed by atoms with Crippen LogP contribution in [0.3, 0.4) is 0 Å². The van der Waals surface area contributed by atoms with Crippen LogP contribution < -0.4 is 10.6 Å². The minimum atomic E-state index is 0. The quantitative estimate of drug-likeness (QED) is 0.307. The van der Waals surface area contributed by atoms with E-state index in [-0.39, 0.29) is 35.4 Å². The molecule has 2 N–H and O–H groups in total. The fourth-order valence-corrected chi connectivity index (χ4v) is 4.76. The van der Waals surface area contributed by atoms with E-state index >= 15 is 0 Å². The Labute approximate surface area is 210 Å². The molecule has 1 amide bonds. The van der Waals surface area contributed by atoms with Crippen molar-refractivity contribution in [1.29, 1.82) is 0 Å². The number of hydrogen-bond acceptors (Lipinski definition) is 4. The van der Waals surface area contributed by atoms with E-state index in [9.17, 15) is 4.79 Å². The zero-order valence-corrected chi connectivity index (χ0v) is 22.2. The van der Waals surface area contributed by atoms with Gasteiger partial charge in [0.15, 0.2) is 5.96 Å². The second kappa shape index (κ2) is 13.3. The first-order valence-electron chi connectivity index (χ1n) is 11.6. The van der Waals surface area contributed by atoms with Crippen LogP contribution in [0.15, 0.2) is 29.3 Å². The van der Waals surface area contributed by atoms with Gasteiger partial charge in [-0.1, -0.05) is 31.4 Å². The highest BCUT2D eigenvalue weighted by Crippen LogP contribution is 2.33. The van der Waals surface area contributed by atoms with Gasteiger partial charge >= 0.3 is 0 Å². The molecule has 180 valence electrons. The van der Waals surface area contributed by atoms with Crippen LogP contribution in [0, 0.1) is 0 Å². The molecule has 1 aromatic rings. The highest BCUT2D eigenvalue weighted by atomic mass is 127. The maximum Gasteiger partial charge on any atom is 0.253 e. The minimum Gasteiger partial charge on any atom is -0.379 e. The van der Waals surface area contributed by atoms with E-state index in [0.29, 0.717) is 0 Å². The van der Waals surface area contributed by atoms with Crippen molar-refractivity contribution < 1.29 is 9.53 Å². The van der Waals surface area contributed by atoms with E-state index in [1.54, 1.807) is 19.0 Å². The molecule has 32 heavy (non-hydrogen) atoms. The number of aliphatic imine (C=N–C) groups is 1. The molecule has 0 unspecified atom stereocenters. The van der Waals surface area contributed by atoms with Gasteiger partial charge in [0, 0.05) is 58.4 Å². The van der Waals surface area contributed by atoms with Gasteiger partial charge in [-0.05, 0) is 37.0 Å². The van der Waals surface area contributed by atoms with Gasteiger partial charge in [0.05, 0.1) is 13.2 Å². The van der Waals surface area contributed by atoms with Crippen LogP contribution in [0.4, 0.5) is 0 Å². The summed E-state index contributed by atoms with van der Waals surface area (Å²) in [5, 5.41) is 7.05. The molecule has 3 rings (SSSR count). The Hall–Kier alpha value is -1.39. The van der Waals surface area contributed by atoms with Crippen LogP contribution in [-0.4, -0.2) is 87.7 Å². The van der Waals surface area contributed by atoms with Crippen molar-refractivity contribution in [3.8, 4) is 0 Å². The molecule has 0 spiro atoms. The molecule has 0 aromatic heterocycles. The van der Waals surface area contributed by atoms with E-state index < -0.39 is 0 Å². The van der Waals surface area contributed by atoms with Gasteiger partial charge in [-0.15, -0.1) is 24.0 Å². The third kappa shape index (κ3) is 7.31. The van der Waals surface area contributed by atoms with Gasteiger partial charge in [0.2, 0.25) is 0 Å². The number of rotatable bonds is 7. The average molecular weight is 558 g/mol. The Morgan fingerprint density at radius 3 is 2.53 bits per heavy atom. The number of nitrogens with zero attached hydrogens (tertiary/aromatic N) is 3. The van der Waals surface area contributed by atoms with Crippen LogP contribution >= 0.6 is 24.0 Å². The van der Waals surface area contributed by atoms with E-state index in [4.69, 9.17) is 4.74 Å². The monoisotopic (exact) mass is 557 g/mol. The molecule has 1 saturated carbocycles. The molecule has 1 saturated heterocycles. The van der Waals surface area contributed by atoms with Crippen LogP contribution in [-0.2, 0) is 11.2 Å². The lowest BCUT2D eigenvalue weighted by Gasteiger charge is -2.48. The van der Waals surface area contributed by atoms with Crippen LogP contribution in [0.1, 0.15) is 48.0 Å². The van der Waals surface area contributed by atoms with Crippen molar-refractivity contribution in [3.05, 3.63) is 35.4 Å². The largest absolute Gasteiger partial charge is 0.379 e. The zero-order valence-electron chi connectivity index (χ0n) is 19.9. The number of hydrogen-bond donors (Lipinski definition) is 2. The number of ether oxygens (including phenoxy) is 1. The number of halogens is 1. The second-order valence-corrected chi connectivity index (χ2v) is 8.89. The molecule has 0 radical (unpaired) electrons. The molecular formula is C24H40IN5O2. The molecule has 0 atom stereocenters. The summed E-state index contributed by atoms with van der Waals surface area (Å²) in [6, 6.07) is 7.87. The Morgan fingerprint density at radius 1 is 1.16 bits per heavy atom. The summed E-state index contributed by atoms with van der Waals surface area (Å²) in [6.45, 7) is 5.41. The molecule has 1 aliphatic heterocycles. The van der Waals surface area contributed by atoms with Crippen molar-refractivity contribution in [2.75, 3.05) is 60.5 Å². The number of benzene rings is 1. The number of morpholine rings is 1. The van der Waals surface area contributed by atoms with E-state index in [2.05, 4.69) is 26.6 Å². The number of carbonyl (C=O) groups is 1. The third-order valence-electron chi connectivity index (χ3n) is 6.56. The van der Waals surface area contributed by atoms with Gasteiger partial charge in [0.25, 0.3) is 5.91 Å². The van der Waals surface area contributed by atoms with Crippen LogP contribution in [0.2, 0.25) is 0 Å². The smallest absolute Gasteiger partial charge is 0.253 e. The van der Waals surface area contributed by atoms with Gasteiger partial charge < -0.3 is 20.3 Å². The zero-order chi connectivity index (χ0) is 22.1. The Balaban J connectivity index is 0.00000363. The maximum absolute atomic E-state index is 12.2. The predicted octanol–water partition coefficient (Wildman–Crippen LogP) is 2.75. The Morgan fingerprint density at radius 2 is 1.88 bits per heavy atom. The molecule has 7 nitrogen and oxygen atoms in total. The molecule has 8 heteroatoms. The average Bonchev–Trinajstić information content (AvgIpc) is 2.82. The first-order chi connectivity index (χ1) is 15.0. The van der Waals surface area contributed by atoms with Gasteiger partial charge in [-0.25, -0.2) is 0 Å². The molecule has 0 bridgehead atoms. The summed E-state index contributed by atoms with van der Waals surface area (Å²) in [5.74, 6) is 0.881. The number of nitrogens with one attached hydrogen (secondary N) is 2. The Bertz CT molecular complexity index is 744. The Kier molecular flexibility index (Phi) is 11.2. The highest BCUT2D eigenvalue weighted by molar-refractivity contribution is 14.0. The number of carbonyl (C=O) groups excluding carboxylic acids is 1. The lowest BCUT2D eigenvalue weighted by atomic mass is 9.80. The molecule has 1 aliphatic carbocycles. The fourth-order valence-electron chi connectivity index (χ4n) is 4.76. The normalized spacial score (nSPS) is 19.0. The van der Waals surface area contributed by atoms with Gasteiger partial charge in [0.1, 0.15) is 0 Å².